The maximum atomic E-state index is 12.4. The van der Waals surface area contributed by atoms with Gasteiger partial charge in [0.1, 0.15) is 11.5 Å². The van der Waals surface area contributed by atoms with Gasteiger partial charge < -0.3 is 9.47 Å². The third kappa shape index (κ3) is 3.88. The molecule has 0 aromatic heterocycles. The minimum absolute atomic E-state index is 0.0264. The van der Waals surface area contributed by atoms with Gasteiger partial charge in [-0.3, -0.25) is 0 Å². The Morgan fingerprint density at radius 3 is 2.00 bits per heavy atom. The summed E-state index contributed by atoms with van der Waals surface area (Å²) in [5.41, 5.74) is 2.41. The van der Waals surface area contributed by atoms with Crippen molar-refractivity contribution in [3.05, 3.63) is 71.8 Å². The molecule has 0 N–H and O–H groups in total. The first kappa shape index (κ1) is 20.6. The molecule has 1 aliphatic carbocycles. The smallest absolute Gasteiger partial charge is 0.338 e. The molecule has 150 valence electrons. The van der Waals surface area contributed by atoms with Crippen LogP contribution in [0.5, 0.6) is 11.5 Å². The van der Waals surface area contributed by atoms with Gasteiger partial charge in [0.2, 0.25) is 0 Å². The zero-order chi connectivity index (χ0) is 21.3. The second kappa shape index (κ2) is 8.08. The molecule has 1 atom stereocenters. The van der Waals surface area contributed by atoms with E-state index in [1.54, 1.807) is 13.8 Å². The Morgan fingerprint density at radius 2 is 1.48 bits per heavy atom. The second-order valence-electron chi connectivity index (χ2n) is 7.84. The number of rotatable bonds is 5. The van der Waals surface area contributed by atoms with Gasteiger partial charge in [-0.05, 0) is 26.2 Å². The molecule has 0 spiro atoms. The predicted molar refractivity (Wildman–Crippen MR) is 115 cm³/mol. The Balaban J connectivity index is 2.36. The highest BCUT2D eigenvalue weighted by Crippen LogP contribution is 2.48. The first-order valence-corrected chi connectivity index (χ1v) is 9.71. The van der Waals surface area contributed by atoms with Crippen molar-refractivity contribution < 1.29 is 19.1 Å². The molecule has 0 bridgehead atoms. The number of fused-ring (bicyclic) bond motifs is 2. The van der Waals surface area contributed by atoms with Crippen LogP contribution >= 0.6 is 0 Å². The lowest BCUT2D eigenvalue weighted by molar-refractivity contribution is -0.131. The highest BCUT2D eigenvalue weighted by Gasteiger charge is 2.31. The van der Waals surface area contributed by atoms with Crippen LogP contribution in [0, 0.1) is 5.92 Å². The molecule has 3 rings (SSSR count). The van der Waals surface area contributed by atoms with Crippen LogP contribution in [0.15, 0.2) is 60.7 Å². The Bertz CT molecular complexity index is 1060. The van der Waals surface area contributed by atoms with Crippen LogP contribution in [0.2, 0.25) is 0 Å². The minimum Gasteiger partial charge on any atom is -0.422 e. The summed E-state index contributed by atoms with van der Waals surface area (Å²) in [7, 11) is 0. The Morgan fingerprint density at radius 1 is 0.966 bits per heavy atom. The summed E-state index contributed by atoms with van der Waals surface area (Å²) in [5, 5.41) is 1.45. The molecule has 0 aliphatic heterocycles. The summed E-state index contributed by atoms with van der Waals surface area (Å²) in [4.78, 5) is 24.8. The molecule has 1 unspecified atom stereocenters. The number of benzene rings is 2. The molecule has 1 aliphatic rings. The first-order valence-electron chi connectivity index (χ1n) is 9.71. The van der Waals surface area contributed by atoms with E-state index in [-0.39, 0.29) is 11.8 Å². The van der Waals surface area contributed by atoms with Crippen LogP contribution in [0.25, 0.3) is 10.8 Å². The fraction of sp³-hybridized carbons (Fsp3) is 0.280. The van der Waals surface area contributed by atoms with Crippen molar-refractivity contribution in [2.24, 2.45) is 5.92 Å². The Kier molecular flexibility index (Phi) is 5.73. The fourth-order valence-corrected chi connectivity index (χ4v) is 3.57. The molecule has 4 nitrogen and oxygen atoms in total. The number of carbonyl (C=O) groups excluding carboxylic acids is 2. The normalized spacial score (nSPS) is 15.1. The lowest BCUT2D eigenvalue weighted by Crippen LogP contribution is -2.19. The van der Waals surface area contributed by atoms with Gasteiger partial charge in [0.05, 0.1) is 0 Å². The van der Waals surface area contributed by atoms with Gasteiger partial charge in [0.25, 0.3) is 0 Å². The molecule has 2 aromatic carbocycles. The van der Waals surface area contributed by atoms with E-state index >= 15 is 0 Å². The van der Waals surface area contributed by atoms with E-state index in [1.807, 2.05) is 24.3 Å². The Hall–Kier alpha value is -3.14. The van der Waals surface area contributed by atoms with Crippen LogP contribution in [-0.4, -0.2) is 11.9 Å². The quantitative estimate of drug-likeness (QED) is 0.286. The summed E-state index contributed by atoms with van der Waals surface area (Å²) in [6.45, 7) is 14.9. The maximum absolute atomic E-state index is 12.4. The number of allylic oxidation sites excluding steroid dienone is 2. The molecule has 0 fully saturated rings. The van der Waals surface area contributed by atoms with Crippen molar-refractivity contribution in [2.75, 3.05) is 0 Å². The molecule has 0 radical (unpaired) electrons. The average Bonchev–Trinajstić information content (AvgIpc) is 2.69. The average molecular weight is 390 g/mol. The summed E-state index contributed by atoms with van der Waals surface area (Å²) < 4.78 is 11.6. The molecule has 4 heteroatoms. The molecular formula is C25H26O4. The second-order valence-corrected chi connectivity index (χ2v) is 7.84. The van der Waals surface area contributed by atoms with Gasteiger partial charge in [-0.2, -0.15) is 0 Å². The number of hydrogen-bond acceptors (Lipinski definition) is 4. The molecule has 0 saturated carbocycles. The summed E-state index contributed by atoms with van der Waals surface area (Å²) >= 11 is 0. The SMILES string of the molecule is C=C(C)C(=O)Oc1c2c(c(OC(=O)C(=C)C)c3ccccc13)C(C(C)C)C=CC2. The number of carbonyl (C=O) groups is 2. The van der Waals surface area contributed by atoms with Crippen LogP contribution in [0.3, 0.4) is 0 Å². The van der Waals surface area contributed by atoms with Gasteiger partial charge in [-0.25, -0.2) is 9.59 Å². The van der Waals surface area contributed by atoms with Crippen molar-refractivity contribution in [2.45, 2.75) is 40.0 Å². The van der Waals surface area contributed by atoms with E-state index in [2.05, 4.69) is 39.2 Å². The summed E-state index contributed by atoms with van der Waals surface area (Å²) in [6.07, 6.45) is 4.79. The van der Waals surface area contributed by atoms with Crippen LogP contribution in [0.1, 0.15) is 44.7 Å². The van der Waals surface area contributed by atoms with Gasteiger partial charge >= 0.3 is 11.9 Å². The zero-order valence-corrected chi connectivity index (χ0v) is 17.4. The van der Waals surface area contributed by atoms with Crippen LogP contribution < -0.4 is 9.47 Å². The zero-order valence-electron chi connectivity index (χ0n) is 17.4. The third-order valence-corrected chi connectivity index (χ3v) is 5.06. The minimum atomic E-state index is -0.473. The highest BCUT2D eigenvalue weighted by molar-refractivity contribution is 6.01. The van der Waals surface area contributed by atoms with Crippen molar-refractivity contribution in [3.8, 4) is 11.5 Å². The topological polar surface area (TPSA) is 52.6 Å². The Labute approximate surface area is 171 Å². The van der Waals surface area contributed by atoms with Crippen molar-refractivity contribution in [1.29, 1.82) is 0 Å². The van der Waals surface area contributed by atoms with Gasteiger partial charge in [-0.1, -0.05) is 63.4 Å². The van der Waals surface area contributed by atoms with E-state index < -0.39 is 11.9 Å². The molecule has 0 amide bonds. The molecule has 0 heterocycles. The number of esters is 2. The van der Waals surface area contributed by atoms with Gasteiger partial charge in [-0.15, -0.1) is 0 Å². The third-order valence-electron chi connectivity index (χ3n) is 5.06. The van der Waals surface area contributed by atoms with Crippen LogP contribution in [0.4, 0.5) is 0 Å². The van der Waals surface area contributed by atoms with E-state index in [9.17, 15) is 9.59 Å². The van der Waals surface area contributed by atoms with Crippen molar-refractivity contribution in [3.63, 3.8) is 0 Å². The van der Waals surface area contributed by atoms with Gasteiger partial charge in [0.15, 0.2) is 0 Å². The van der Waals surface area contributed by atoms with E-state index in [4.69, 9.17) is 9.47 Å². The summed E-state index contributed by atoms with van der Waals surface area (Å²) in [6, 6.07) is 7.50. The predicted octanol–water partition coefficient (Wildman–Crippen LogP) is 5.65. The molecular weight excluding hydrogens is 364 g/mol. The van der Waals surface area contributed by atoms with Gasteiger partial charge in [0, 0.05) is 39.0 Å². The van der Waals surface area contributed by atoms with E-state index in [0.29, 0.717) is 29.1 Å². The largest absolute Gasteiger partial charge is 0.422 e. The van der Waals surface area contributed by atoms with Crippen LogP contribution in [-0.2, 0) is 16.0 Å². The number of ether oxygens (including phenoxy) is 2. The summed E-state index contributed by atoms with van der Waals surface area (Å²) in [5.74, 6) is 0.369. The van der Waals surface area contributed by atoms with Crippen molar-refractivity contribution >= 4 is 22.7 Å². The molecule has 0 saturated heterocycles. The van der Waals surface area contributed by atoms with E-state index in [0.717, 1.165) is 21.9 Å². The lowest BCUT2D eigenvalue weighted by Gasteiger charge is -2.29. The number of hydrogen-bond donors (Lipinski definition) is 0. The van der Waals surface area contributed by atoms with E-state index in [1.165, 1.54) is 0 Å². The maximum Gasteiger partial charge on any atom is 0.338 e. The fourth-order valence-electron chi connectivity index (χ4n) is 3.57. The standard InChI is InChI=1S/C25H26O4/c1-14(2)17-12-9-13-20-21(17)23(29-25(27)16(5)6)19-11-8-7-10-18(19)22(20)28-24(26)15(3)4/h7-12,14,17H,3,5,13H2,1-2,4,6H3. The lowest BCUT2D eigenvalue weighted by atomic mass is 9.78. The van der Waals surface area contributed by atoms with Crippen molar-refractivity contribution in [1.82, 2.24) is 0 Å². The molecule has 29 heavy (non-hydrogen) atoms. The first-order chi connectivity index (χ1) is 13.7. The monoisotopic (exact) mass is 390 g/mol. The molecule has 2 aromatic rings. The highest BCUT2D eigenvalue weighted by atomic mass is 16.5.